The molecule has 0 atom stereocenters. The van der Waals surface area contributed by atoms with E-state index in [1.165, 1.54) is 0 Å². The fraction of sp³-hybridized carbons (Fsp3) is 0.0769. The van der Waals surface area contributed by atoms with Crippen molar-refractivity contribution in [2.24, 2.45) is 0 Å². The molecule has 1 N–H and O–H groups in total. The number of carbonyl (C=O) groups is 1. The number of hydrogen-bond donors (Lipinski definition) is 1. The van der Waals surface area contributed by atoms with E-state index in [2.05, 4.69) is 20.5 Å². The summed E-state index contributed by atoms with van der Waals surface area (Å²) in [5.74, 6) is 0.535. The maximum Gasteiger partial charge on any atom is 0.251 e. The highest BCUT2D eigenvalue weighted by Gasteiger charge is 2.08. The lowest BCUT2D eigenvalue weighted by atomic mass is 10.2. The van der Waals surface area contributed by atoms with Crippen molar-refractivity contribution in [3.63, 3.8) is 0 Å². The van der Waals surface area contributed by atoms with Crippen LogP contribution in [0.15, 0.2) is 48.9 Å². The summed E-state index contributed by atoms with van der Waals surface area (Å²) in [6.45, 7) is 0.326. The van der Waals surface area contributed by atoms with Crippen molar-refractivity contribution in [3.8, 4) is 0 Å². The van der Waals surface area contributed by atoms with Gasteiger partial charge in [-0.25, -0.2) is 0 Å². The number of hydrogen-bond acceptors (Lipinski definition) is 4. The van der Waals surface area contributed by atoms with Gasteiger partial charge in [-0.15, -0.1) is 10.2 Å². The maximum absolute atomic E-state index is 11.9. The number of rotatable bonds is 3. The zero-order valence-corrected chi connectivity index (χ0v) is 10.0. The van der Waals surface area contributed by atoms with E-state index in [0.717, 1.165) is 5.65 Å². The zero-order valence-electron chi connectivity index (χ0n) is 10.0. The van der Waals surface area contributed by atoms with E-state index in [9.17, 15) is 4.79 Å². The van der Waals surface area contributed by atoms with Crippen molar-refractivity contribution in [1.29, 1.82) is 0 Å². The van der Waals surface area contributed by atoms with Gasteiger partial charge in [0.25, 0.3) is 5.91 Å². The van der Waals surface area contributed by atoms with Crippen molar-refractivity contribution in [3.05, 3.63) is 60.3 Å². The highest BCUT2D eigenvalue weighted by molar-refractivity contribution is 5.93. The Bertz CT molecular complexity index is 707. The third kappa shape index (κ3) is 2.28. The number of aromatic nitrogens is 4. The molecule has 3 aromatic rings. The average Bonchev–Trinajstić information content (AvgIpc) is 2.89. The van der Waals surface area contributed by atoms with Crippen LogP contribution in [0.1, 0.15) is 16.2 Å². The van der Waals surface area contributed by atoms with E-state index >= 15 is 0 Å². The molecule has 3 rings (SSSR count). The molecule has 1 amide bonds. The average molecular weight is 253 g/mol. The molecule has 0 aliphatic heterocycles. The fourth-order valence-electron chi connectivity index (χ4n) is 1.78. The molecule has 0 spiro atoms. The third-order valence-electron chi connectivity index (χ3n) is 2.73. The first-order valence-corrected chi connectivity index (χ1v) is 5.81. The predicted octanol–water partition coefficient (Wildman–Crippen LogP) is 1.05. The van der Waals surface area contributed by atoms with Crippen LogP contribution in [-0.2, 0) is 6.54 Å². The number of nitrogens with one attached hydrogen (secondary N) is 1. The molecule has 0 fully saturated rings. The molecular weight excluding hydrogens is 242 g/mol. The Balaban J connectivity index is 1.75. The van der Waals surface area contributed by atoms with Gasteiger partial charge < -0.3 is 5.32 Å². The van der Waals surface area contributed by atoms with Crippen LogP contribution in [0.4, 0.5) is 0 Å². The van der Waals surface area contributed by atoms with Crippen molar-refractivity contribution in [1.82, 2.24) is 24.9 Å². The zero-order chi connectivity index (χ0) is 13.1. The van der Waals surface area contributed by atoms with Crippen molar-refractivity contribution in [2.45, 2.75) is 6.54 Å². The topological polar surface area (TPSA) is 72.2 Å². The molecule has 0 radical (unpaired) electrons. The summed E-state index contributed by atoms with van der Waals surface area (Å²) in [4.78, 5) is 15.8. The van der Waals surface area contributed by atoms with Crippen LogP contribution in [0.5, 0.6) is 0 Å². The van der Waals surface area contributed by atoms with Crippen LogP contribution in [0.2, 0.25) is 0 Å². The Kier molecular flexibility index (Phi) is 2.89. The molecule has 0 saturated heterocycles. The van der Waals surface area contributed by atoms with Crippen LogP contribution in [-0.4, -0.2) is 25.5 Å². The van der Waals surface area contributed by atoms with Gasteiger partial charge in [0.1, 0.15) is 0 Å². The van der Waals surface area contributed by atoms with Gasteiger partial charge in [-0.1, -0.05) is 6.07 Å². The molecule has 94 valence electrons. The lowest BCUT2D eigenvalue weighted by molar-refractivity contribution is 0.0949. The van der Waals surface area contributed by atoms with E-state index in [-0.39, 0.29) is 5.91 Å². The molecule has 19 heavy (non-hydrogen) atoms. The smallest absolute Gasteiger partial charge is 0.251 e. The van der Waals surface area contributed by atoms with Crippen molar-refractivity contribution < 1.29 is 4.79 Å². The second kappa shape index (κ2) is 4.85. The fourth-order valence-corrected chi connectivity index (χ4v) is 1.78. The largest absolute Gasteiger partial charge is 0.345 e. The van der Waals surface area contributed by atoms with Gasteiger partial charge in [-0.3, -0.25) is 14.2 Å². The van der Waals surface area contributed by atoms with E-state index in [1.54, 1.807) is 24.5 Å². The standard InChI is InChI=1S/C13H11N5O/c19-13(10-4-6-14-7-5-10)15-9-12-17-16-11-3-1-2-8-18(11)12/h1-8H,9H2,(H,15,19). The first kappa shape index (κ1) is 11.3. The van der Waals surface area contributed by atoms with Gasteiger partial charge >= 0.3 is 0 Å². The summed E-state index contributed by atoms with van der Waals surface area (Å²) in [7, 11) is 0. The highest BCUT2D eigenvalue weighted by atomic mass is 16.1. The Morgan fingerprint density at radius 1 is 1.16 bits per heavy atom. The minimum atomic E-state index is -0.157. The predicted molar refractivity (Wildman–Crippen MR) is 68.4 cm³/mol. The first-order valence-electron chi connectivity index (χ1n) is 5.81. The summed E-state index contributed by atoms with van der Waals surface area (Å²) < 4.78 is 1.84. The Morgan fingerprint density at radius 2 is 2.00 bits per heavy atom. The summed E-state index contributed by atoms with van der Waals surface area (Å²) in [5.41, 5.74) is 1.33. The van der Waals surface area contributed by atoms with Crippen LogP contribution in [0.25, 0.3) is 5.65 Å². The molecule has 0 bridgehead atoms. The minimum absolute atomic E-state index is 0.157. The lowest BCUT2D eigenvalue weighted by Gasteiger charge is -2.03. The first-order chi connectivity index (χ1) is 9.34. The molecule has 0 saturated carbocycles. The van der Waals surface area contributed by atoms with Crippen LogP contribution in [0.3, 0.4) is 0 Å². The summed E-state index contributed by atoms with van der Waals surface area (Å²) in [6, 6.07) is 8.98. The minimum Gasteiger partial charge on any atom is -0.345 e. The maximum atomic E-state index is 11.9. The molecule has 3 aromatic heterocycles. The molecule has 0 aromatic carbocycles. The molecule has 0 unspecified atom stereocenters. The third-order valence-corrected chi connectivity index (χ3v) is 2.73. The van der Waals surface area contributed by atoms with Crippen LogP contribution < -0.4 is 5.32 Å². The van der Waals surface area contributed by atoms with Gasteiger partial charge in [0.15, 0.2) is 11.5 Å². The van der Waals surface area contributed by atoms with Crippen LogP contribution in [0, 0.1) is 0 Å². The Hall–Kier alpha value is -2.76. The van der Waals surface area contributed by atoms with Gasteiger partial charge in [0, 0.05) is 24.2 Å². The molecule has 6 heteroatoms. The summed E-state index contributed by atoms with van der Waals surface area (Å²) in [6.07, 6.45) is 5.03. The molecule has 6 nitrogen and oxygen atoms in total. The van der Waals surface area contributed by atoms with E-state index < -0.39 is 0 Å². The summed E-state index contributed by atoms with van der Waals surface area (Å²) >= 11 is 0. The lowest BCUT2D eigenvalue weighted by Crippen LogP contribution is -2.23. The number of nitrogens with zero attached hydrogens (tertiary/aromatic N) is 4. The second-order valence-corrected chi connectivity index (χ2v) is 3.96. The Morgan fingerprint density at radius 3 is 2.84 bits per heavy atom. The molecule has 0 aliphatic rings. The van der Waals surface area contributed by atoms with Gasteiger partial charge in [-0.05, 0) is 24.3 Å². The quantitative estimate of drug-likeness (QED) is 0.757. The van der Waals surface area contributed by atoms with E-state index in [0.29, 0.717) is 17.9 Å². The number of amides is 1. The second-order valence-electron chi connectivity index (χ2n) is 3.96. The molecule has 3 heterocycles. The van der Waals surface area contributed by atoms with Crippen LogP contribution >= 0.6 is 0 Å². The normalized spacial score (nSPS) is 10.5. The molecule has 0 aliphatic carbocycles. The number of pyridine rings is 2. The van der Waals surface area contributed by atoms with Crippen molar-refractivity contribution >= 4 is 11.6 Å². The van der Waals surface area contributed by atoms with Gasteiger partial charge in [-0.2, -0.15) is 0 Å². The molecular formula is C13H11N5O. The SMILES string of the molecule is O=C(NCc1nnc2ccccn12)c1ccncc1. The summed E-state index contributed by atoms with van der Waals surface area (Å²) in [5, 5.41) is 10.9. The monoisotopic (exact) mass is 253 g/mol. The van der Waals surface area contributed by atoms with Gasteiger partial charge in [0.2, 0.25) is 0 Å². The van der Waals surface area contributed by atoms with Crippen molar-refractivity contribution in [2.75, 3.05) is 0 Å². The number of fused-ring (bicyclic) bond motifs is 1. The van der Waals surface area contributed by atoms with E-state index in [4.69, 9.17) is 0 Å². The van der Waals surface area contributed by atoms with E-state index in [1.807, 2.05) is 28.8 Å². The van der Waals surface area contributed by atoms with Gasteiger partial charge in [0.05, 0.1) is 6.54 Å². The highest BCUT2D eigenvalue weighted by Crippen LogP contribution is 2.03. The Labute approximate surface area is 109 Å². The number of carbonyl (C=O) groups excluding carboxylic acids is 1.